The minimum Gasteiger partial charge on any atom is -0.342 e. The number of nitrogens with zero attached hydrogens (tertiary/aromatic N) is 1. The van der Waals surface area contributed by atoms with Gasteiger partial charge in [0.25, 0.3) is 0 Å². The van der Waals surface area contributed by atoms with Crippen LogP contribution >= 0.6 is 0 Å². The van der Waals surface area contributed by atoms with Crippen LogP contribution in [0.25, 0.3) is 0 Å². The molecule has 2 fully saturated rings. The van der Waals surface area contributed by atoms with Crippen molar-refractivity contribution in [2.75, 3.05) is 26.2 Å². The molecule has 2 aliphatic heterocycles. The third-order valence-electron chi connectivity index (χ3n) is 4.69. The van der Waals surface area contributed by atoms with Crippen LogP contribution in [0, 0.1) is 17.3 Å². The van der Waals surface area contributed by atoms with E-state index in [4.69, 9.17) is 0 Å². The van der Waals surface area contributed by atoms with Gasteiger partial charge >= 0.3 is 0 Å². The first-order valence-electron chi connectivity index (χ1n) is 7.45. The number of hydrogen-bond donors (Lipinski definition) is 1. The van der Waals surface area contributed by atoms with E-state index in [9.17, 15) is 4.79 Å². The van der Waals surface area contributed by atoms with Crippen LogP contribution < -0.4 is 5.32 Å². The van der Waals surface area contributed by atoms with Crippen molar-refractivity contribution in [3.05, 3.63) is 0 Å². The summed E-state index contributed by atoms with van der Waals surface area (Å²) in [5.41, 5.74) is 0.337. The highest BCUT2D eigenvalue weighted by atomic mass is 16.2. The quantitative estimate of drug-likeness (QED) is 0.817. The molecule has 0 saturated carbocycles. The third kappa shape index (κ3) is 3.47. The maximum atomic E-state index is 12.3. The summed E-state index contributed by atoms with van der Waals surface area (Å²) in [4.78, 5) is 14.4. The highest BCUT2D eigenvalue weighted by molar-refractivity contribution is 5.76. The Morgan fingerprint density at radius 3 is 2.44 bits per heavy atom. The summed E-state index contributed by atoms with van der Waals surface area (Å²) in [5.74, 6) is 1.69. The van der Waals surface area contributed by atoms with Gasteiger partial charge in [-0.05, 0) is 49.6 Å². The Morgan fingerprint density at radius 1 is 1.22 bits per heavy atom. The standard InChI is InChI=1S/C15H28N2O/c1-15(2,3)13-6-9-17(11-13)14(18)10-12-4-7-16-8-5-12/h12-13,16H,4-11H2,1-3H3. The molecule has 0 aromatic rings. The van der Waals surface area contributed by atoms with Crippen molar-refractivity contribution < 1.29 is 4.79 Å². The average Bonchev–Trinajstić information content (AvgIpc) is 2.79. The Kier molecular flexibility index (Phi) is 4.31. The highest BCUT2D eigenvalue weighted by Crippen LogP contribution is 2.34. The number of carbonyl (C=O) groups excluding carboxylic acids is 1. The molecule has 3 nitrogen and oxygen atoms in total. The van der Waals surface area contributed by atoms with Crippen molar-refractivity contribution >= 4 is 5.91 Å². The average molecular weight is 252 g/mol. The first-order valence-corrected chi connectivity index (χ1v) is 7.45. The van der Waals surface area contributed by atoms with E-state index in [2.05, 4.69) is 31.0 Å². The summed E-state index contributed by atoms with van der Waals surface area (Å²) in [6, 6.07) is 0. The van der Waals surface area contributed by atoms with Crippen molar-refractivity contribution in [3.8, 4) is 0 Å². The number of nitrogens with one attached hydrogen (secondary N) is 1. The molecule has 1 amide bonds. The van der Waals surface area contributed by atoms with Gasteiger partial charge in [0.05, 0.1) is 0 Å². The van der Waals surface area contributed by atoms with Crippen LogP contribution in [0.5, 0.6) is 0 Å². The van der Waals surface area contributed by atoms with Gasteiger partial charge in [0.1, 0.15) is 0 Å². The van der Waals surface area contributed by atoms with E-state index in [1.54, 1.807) is 0 Å². The molecule has 0 aliphatic carbocycles. The summed E-state index contributed by atoms with van der Waals surface area (Å²) >= 11 is 0. The molecular weight excluding hydrogens is 224 g/mol. The molecule has 2 saturated heterocycles. The molecule has 18 heavy (non-hydrogen) atoms. The zero-order valence-corrected chi connectivity index (χ0v) is 12.2. The molecule has 1 unspecified atom stereocenters. The Labute approximate surface area is 111 Å². The van der Waals surface area contributed by atoms with Gasteiger partial charge in [-0.15, -0.1) is 0 Å². The second-order valence-electron chi connectivity index (χ2n) is 7.09. The molecule has 104 valence electrons. The predicted molar refractivity (Wildman–Crippen MR) is 74.4 cm³/mol. The smallest absolute Gasteiger partial charge is 0.222 e. The van der Waals surface area contributed by atoms with Crippen LogP contribution in [0.2, 0.25) is 0 Å². The van der Waals surface area contributed by atoms with Crippen LogP contribution in [0.1, 0.15) is 46.5 Å². The van der Waals surface area contributed by atoms with Crippen molar-refractivity contribution in [2.45, 2.75) is 46.5 Å². The fourth-order valence-corrected chi connectivity index (χ4v) is 3.16. The largest absolute Gasteiger partial charge is 0.342 e. The van der Waals surface area contributed by atoms with Gasteiger partial charge in [-0.3, -0.25) is 4.79 Å². The number of carbonyl (C=O) groups is 1. The lowest BCUT2D eigenvalue weighted by molar-refractivity contribution is -0.131. The van der Waals surface area contributed by atoms with Crippen molar-refractivity contribution in [1.82, 2.24) is 10.2 Å². The van der Waals surface area contributed by atoms with E-state index >= 15 is 0 Å². The van der Waals surface area contributed by atoms with Crippen LogP contribution in [-0.4, -0.2) is 37.0 Å². The van der Waals surface area contributed by atoms with Crippen molar-refractivity contribution in [3.63, 3.8) is 0 Å². The van der Waals surface area contributed by atoms with E-state index in [1.165, 1.54) is 19.3 Å². The van der Waals surface area contributed by atoms with E-state index in [0.29, 0.717) is 23.2 Å². The zero-order valence-electron chi connectivity index (χ0n) is 12.2. The molecule has 1 atom stereocenters. The zero-order chi connectivity index (χ0) is 13.2. The minimum atomic E-state index is 0.337. The lowest BCUT2D eigenvalue weighted by atomic mass is 9.80. The maximum absolute atomic E-state index is 12.3. The molecule has 2 aliphatic rings. The summed E-state index contributed by atoms with van der Waals surface area (Å²) in [5, 5.41) is 3.36. The van der Waals surface area contributed by atoms with Gasteiger partial charge in [0, 0.05) is 19.5 Å². The lowest BCUT2D eigenvalue weighted by Gasteiger charge is -2.28. The van der Waals surface area contributed by atoms with Gasteiger partial charge in [0.15, 0.2) is 0 Å². The van der Waals surface area contributed by atoms with Gasteiger partial charge in [-0.25, -0.2) is 0 Å². The maximum Gasteiger partial charge on any atom is 0.222 e. The number of amides is 1. The first-order chi connectivity index (χ1) is 8.47. The van der Waals surface area contributed by atoms with E-state index in [1.807, 2.05) is 0 Å². The van der Waals surface area contributed by atoms with E-state index in [0.717, 1.165) is 32.6 Å². The van der Waals surface area contributed by atoms with Crippen LogP contribution in [-0.2, 0) is 4.79 Å². The molecule has 1 N–H and O–H groups in total. The molecule has 3 heteroatoms. The second-order valence-corrected chi connectivity index (χ2v) is 7.09. The summed E-state index contributed by atoms with van der Waals surface area (Å²) in [7, 11) is 0. The number of piperidine rings is 1. The van der Waals surface area contributed by atoms with Gasteiger partial charge < -0.3 is 10.2 Å². The molecule has 0 aromatic heterocycles. The topological polar surface area (TPSA) is 32.3 Å². The van der Waals surface area contributed by atoms with Crippen LogP contribution in [0.3, 0.4) is 0 Å². The van der Waals surface area contributed by atoms with Gasteiger partial charge in [-0.1, -0.05) is 20.8 Å². The SMILES string of the molecule is CC(C)(C)C1CCN(C(=O)CC2CCNCC2)C1. The summed E-state index contributed by atoms with van der Waals surface area (Å²) < 4.78 is 0. The van der Waals surface area contributed by atoms with E-state index in [-0.39, 0.29) is 0 Å². The molecule has 2 rings (SSSR count). The summed E-state index contributed by atoms with van der Waals surface area (Å²) in [6.07, 6.45) is 4.30. The molecule has 0 bridgehead atoms. The third-order valence-corrected chi connectivity index (χ3v) is 4.69. The summed E-state index contributed by atoms with van der Waals surface area (Å²) in [6.45, 7) is 11.0. The van der Waals surface area contributed by atoms with Crippen molar-refractivity contribution in [2.24, 2.45) is 17.3 Å². The van der Waals surface area contributed by atoms with E-state index < -0.39 is 0 Å². The Morgan fingerprint density at radius 2 is 1.89 bits per heavy atom. The van der Waals surface area contributed by atoms with Gasteiger partial charge in [-0.2, -0.15) is 0 Å². The normalized spacial score (nSPS) is 26.6. The highest BCUT2D eigenvalue weighted by Gasteiger charge is 2.34. The second kappa shape index (κ2) is 5.60. The lowest BCUT2D eigenvalue weighted by Crippen LogP contribution is -2.35. The fraction of sp³-hybridized carbons (Fsp3) is 0.933. The Hall–Kier alpha value is -0.570. The van der Waals surface area contributed by atoms with Crippen LogP contribution in [0.4, 0.5) is 0 Å². The molecule has 0 spiro atoms. The molecule has 0 radical (unpaired) electrons. The molecule has 0 aromatic carbocycles. The van der Waals surface area contributed by atoms with Gasteiger partial charge in [0.2, 0.25) is 5.91 Å². The molecule has 2 heterocycles. The Balaban J connectivity index is 1.80. The number of rotatable bonds is 2. The minimum absolute atomic E-state index is 0.337. The number of hydrogen-bond acceptors (Lipinski definition) is 2. The molecular formula is C15H28N2O. The number of likely N-dealkylation sites (tertiary alicyclic amines) is 1. The first kappa shape index (κ1) is 13.9. The van der Waals surface area contributed by atoms with Crippen molar-refractivity contribution in [1.29, 1.82) is 0 Å². The fourth-order valence-electron chi connectivity index (χ4n) is 3.16. The Bertz CT molecular complexity index is 289. The monoisotopic (exact) mass is 252 g/mol. The predicted octanol–water partition coefficient (Wildman–Crippen LogP) is 2.27. The van der Waals surface area contributed by atoms with Crippen LogP contribution in [0.15, 0.2) is 0 Å².